The highest BCUT2D eigenvalue weighted by Gasteiger charge is 2.64. The lowest BCUT2D eigenvalue weighted by Crippen LogP contribution is -2.57. The summed E-state index contributed by atoms with van der Waals surface area (Å²) in [6, 6.07) is 0. The molecule has 30 heavy (non-hydrogen) atoms. The molecule has 0 spiro atoms. The summed E-state index contributed by atoms with van der Waals surface area (Å²) >= 11 is 0. The predicted molar refractivity (Wildman–Crippen MR) is 112 cm³/mol. The van der Waals surface area contributed by atoms with Crippen LogP contribution in [-0.2, 0) is 19.0 Å². The number of carbonyl (C=O) groups excluding carboxylic acids is 1. The van der Waals surface area contributed by atoms with Crippen LogP contribution in [0.5, 0.6) is 0 Å². The van der Waals surface area contributed by atoms with Crippen LogP contribution < -0.4 is 0 Å². The Morgan fingerprint density at radius 3 is 2.60 bits per heavy atom. The topological polar surface area (TPSA) is 65.0 Å². The highest BCUT2D eigenvalue weighted by atomic mass is 16.7. The second kappa shape index (κ2) is 6.91. The fourth-order valence-electron chi connectivity index (χ4n) is 7.81. The minimum absolute atomic E-state index is 0.0745. The molecule has 5 heteroatoms. The average Bonchev–Trinajstić information content (AvgIpc) is 3.27. The molecule has 7 unspecified atom stereocenters. The molecule has 5 rings (SSSR count). The summed E-state index contributed by atoms with van der Waals surface area (Å²) in [4.78, 5) is 12.2. The van der Waals surface area contributed by atoms with Crippen molar-refractivity contribution in [3.8, 4) is 0 Å². The Morgan fingerprint density at radius 1 is 1.17 bits per heavy atom. The maximum atomic E-state index is 12.2. The molecule has 4 aliphatic carbocycles. The Morgan fingerprint density at radius 2 is 1.90 bits per heavy atom. The van der Waals surface area contributed by atoms with Crippen molar-refractivity contribution in [3.63, 3.8) is 0 Å². The molecular weight excluding hydrogens is 380 g/mol. The molecular formula is C25H36O5. The maximum absolute atomic E-state index is 12.2. The molecule has 1 heterocycles. The van der Waals surface area contributed by atoms with Crippen molar-refractivity contribution < 1.29 is 24.1 Å². The van der Waals surface area contributed by atoms with E-state index in [1.165, 1.54) is 18.1 Å². The fourth-order valence-corrected chi connectivity index (χ4v) is 7.81. The summed E-state index contributed by atoms with van der Waals surface area (Å²) in [6.45, 7) is 9.49. The number of ether oxygens (including phenoxy) is 3. The predicted octanol–water partition coefficient (Wildman–Crippen LogP) is 4.15. The molecule has 5 aliphatic rings. The summed E-state index contributed by atoms with van der Waals surface area (Å²) in [5.74, 6) is 0.191. The third kappa shape index (κ3) is 2.81. The van der Waals surface area contributed by atoms with Gasteiger partial charge in [0.15, 0.2) is 5.79 Å². The standard InChI is InChI=1S/C25H36O5/c1-15(26)30-22-14-20-18(6-5-16-13-17(27)9-10-23(16,20)2)19-7-8-21(24(19,22)3)25(4)28-11-12-29-25/h5,7,17-18,20-22,27H,6,8-14H2,1-4H3. The maximum Gasteiger partial charge on any atom is 0.302 e. The van der Waals surface area contributed by atoms with Gasteiger partial charge in [-0.1, -0.05) is 37.1 Å². The van der Waals surface area contributed by atoms with Crippen LogP contribution in [0, 0.1) is 28.6 Å². The van der Waals surface area contributed by atoms with Crippen LogP contribution in [0.25, 0.3) is 0 Å². The van der Waals surface area contributed by atoms with Crippen molar-refractivity contribution in [1.29, 1.82) is 0 Å². The number of hydrogen-bond donors (Lipinski definition) is 1. The van der Waals surface area contributed by atoms with Crippen LogP contribution >= 0.6 is 0 Å². The van der Waals surface area contributed by atoms with Crippen LogP contribution in [0.3, 0.4) is 0 Å². The van der Waals surface area contributed by atoms with Crippen molar-refractivity contribution >= 4 is 5.97 Å². The van der Waals surface area contributed by atoms with E-state index in [-0.39, 0.29) is 34.9 Å². The van der Waals surface area contributed by atoms with Crippen molar-refractivity contribution in [2.75, 3.05) is 13.2 Å². The van der Waals surface area contributed by atoms with E-state index in [0.29, 0.717) is 25.0 Å². The Labute approximate surface area is 179 Å². The zero-order valence-electron chi connectivity index (χ0n) is 18.8. The number of allylic oxidation sites excluding steroid dienone is 2. The molecule has 2 saturated carbocycles. The van der Waals surface area contributed by atoms with Gasteiger partial charge < -0.3 is 19.3 Å². The van der Waals surface area contributed by atoms with Gasteiger partial charge in [-0.25, -0.2) is 0 Å². The highest BCUT2D eigenvalue weighted by molar-refractivity contribution is 5.66. The van der Waals surface area contributed by atoms with E-state index in [9.17, 15) is 9.90 Å². The van der Waals surface area contributed by atoms with E-state index in [1.807, 2.05) is 0 Å². The molecule has 0 amide bonds. The normalized spacial score (nSPS) is 46.9. The first-order chi connectivity index (χ1) is 14.2. The van der Waals surface area contributed by atoms with Gasteiger partial charge in [0.05, 0.1) is 19.3 Å². The Bertz CT molecular complexity index is 793. The summed E-state index contributed by atoms with van der Waals surface area (Å²) in [6.07, 6.45) is 9.86. The third-order valence-electron chi connectivity index (χ3n) is 9.37. The summed E-state index contributed by atoms with van der Waals surface area (Å²) in [5, 5.41) is 10.3. The molecule has 1 aliphatic heterocycles. The molecule has 0 aromatic rings. The number of fused-ring (bicyclic) bond motifs is 5. The molecule has 5 nitrogen and oxygen atoms in total. The second-order valence-corrected chi connectivity index (χ2v) is 10.8. The molecule has 0 aromatic heterocycles. The third-order valence-corrected chi connectivity index (χ3v) is 9.37. The molecule has 0 bridgehead atoms. The largest absolute Gasteiger partial charge is 0.462 e. The van der Waals surface area contributed by atoms with Crippen molar-refractivity contribution in [3.05, 3.63) is 23.3 Å². The first-order valence-electron chi connectivity index (χ1n) is 11.7. The van der Waals surface area contributed by atoms with E-state index in [0.717, 1.165) is 38.5 Å². The van der Waals surface area contributed by atoms with Crippen molar-refractivity contribution in [1.82, 2.24) is 0 Å². The summed E-state index contributed by atoms with van der Waals surface area (Å²) < 4.78 is 18.3. The van der Waals surface area contributed by atoms with Gasteiger partial charge in [0.1, 0.15) is 6.10 Å². The SMILES string of the molecule is CC(=O)OC1CC2C(CC=C3CC(O)CCC32C)C2=CCC(C3(C)OCCO3)C21C. The zero-order valence-corrected chi connectivity index (χ0v) is 18.8. The van der Waals surface area contributed by atoms with Gasteiger partial charge in [0.25, 0.3) is 0 Å². The van der Waals surface area contributed by atoms with E-state index < -0.39 is 5.79 Å². The van der Waals surface area contributed by atoms with Crippen LogP contribution in [0.15, 0.2) is 23.3 Å². The minimum atomic E-state index is -0.632. The van der Waals surface area contributed by atoms with Gasteiger partial charge in [-0.05, 0) is 62.7 Å². The number of aliphatic hydroxyl groups is 1. The smallest absolute Gasteiger partial charge is 0.302 e. The van der Waals surface area contributed by atoms with Crippen molar-refractivity contribution in [2.24, 2.45) is 28.6 Å². The molecule has 3 fully saturated rings. The lowest BCUT2D eigenvalue weighted by atomic mass is 9.47. The molecule has 166 valence electrons. The number of rotatable bonds is 2. The second-order valence-electron chi connectivity index (χ2n) is 10.8. The van der Waals surface area contributed by atoms with Crippen LogP contribution in [0.4, 0.5) is 0 Å². The first kappa shape index (κ1) is 20.7. The zero-order chi connectivity index (χ0) is 21.3. The number of carbonyl (C=O) groups is 1. The Balaban J connectivity index is 1.55. The molecule has 1 N–H and O–H groups in total. The van der Waals surface area contributed by atoms with Crippen LogP contribution in [-0.4, -0.2) is 42.3 Å². The van der Waals surface area contributed by atoms with Gasteiger partial charge in [-0.2, -0.15) is 0 Å². The number of esters is 1. The van der Waals surface area contributed by atoms with Gasteiger partial charge in [0, 0.05) is 18.3 Å². The molecule has 0 radical (unpaired) electrons. The lowest BCUT2D eigenvalue weighted by Gasteiger charge is -2.59. The van der Waals surface area contributed by atoms with E-state index >= 15 is 0 Å². The van der Waals surface area contributed by atoms with Gasteiger partial charge in [0.2, 0.25) is 0 Å². The summed E-state index contributed by atoms with van der Waals surface area (Å²) in [7, 11) is 0. The molecule has 0 aromatic carbocycles. The van der Waals surface area contributed by atoms with E-state index in [1.54, 1.807) is 0 Å². The van der Waals surface area contributed by atoms with E-state index in [4.69, 9.17) is 14.2 Å². The van der Waals surface area contributed by atoms with Crippen molar-refractivity contribution in [2.45, 2.75) is 84.2 Å². The van der Waals surface area contributed by atoms with Crippen LogP contribution in [0.1, 0.15) is 66.2 Å². The quantitative estimate of drug-likeness (QED) is 0.541. The number of hydrogen-bond acceptors (Lipinski definition) is 5. The first-order valence-corrected chi connectivity index (χ1v) is 11.7. The van der Waals surface area contributed by atoms with Gasteiger partial charge >= 0.3 is 5.97 Å². The molecule has 7 atom stereocenters. The average molecular weight is 417 g/mol. The number of aliphatic hydroxyl groups excluding tert-OH is 1. The van der Waals surface area contributed by atoms with Gasteiger partial charge in [-0.15, -0.1) is 0 Å². The highest BCUT2D eigenvalue weighted by Crippen LogP contribution is 2.66. The van der Waals surface area contributed by atoms with Crippen LogP contribution in [0.2, 0.25) is 0 Å². The van der Waals surface area contributed by atoms with E-state index in [2.05, 4.69) is 32.9 Å². The lowest BCUT2D eigenvalue weighted by molar-refractivity contribution is -0.223. The Kier molecular flexibility index (Phi) is 4.77. The van der Waals surface area contributed by atoms with Gasteiger partial charge in [-0.3, -0.25) is 4.79 Å². The Hall–Kier alpha value is -1.17. The molecule has 1 saturated heterocycles. The minimum Gasteiger partial charge on any atom is -0.462 e. The fraction of sp³-hybridized carbons (Fsp3) is 0.800. The monoisotopic (exact) mass is 416 g/mol. The summed E-state index contributed by atoms with van der Waals surface area (Å²) in [5.41, 5.74) is 2.66.